The van der Waals surface area contributed by atoms with Crippen molar-refractivity contribution in [2.75, 3.05) is 32.8 Å². The lowest BCUT2D eigenvalue weighted by Crippen LogP contribution is -2.74. The summed E-state index contributed by atoms with van der Waals surface area (Å²) in [7, 11) is 0. The highest BCUT2D eigenvalue weighted by molar-refractivity contribution is 5.93. The molecule has 0 aliphatic carbocycles. The molecule has 172 valence electrons. The van der Waals surface area contributed by atoms with Crippen LogP contribution in [0.25, 0.3) is 0 Å². The number of nitrogens with zero attached hydrogens (tertiary/aromatic N) is 3. The number of hydrogen-bond donors (Lipinski definition) is 1. The maximum Gasteiger partial charge on any atom is 0.274 e. The minimum absolute atomic E-state index is 0.0558. The molecule has 2 aliphatic rings. The molecule has 0 atom stereocenters. The van der Waals surface area contributed by atoms with Gasteiger partial charge in [0.2, 0.25) is 5.91 Å². The van der Waals surface area contributed by atoms with E-state index in [1.807, 2.05) is 67.0 Å². The summed E-state index contributed by atoms with van der Waals surface area (Å²) < 4.78 is 5.92. The van der Waals surface area contributed by atoms with E-state index < -0.39 is 0 Å². The zero-order valence-electron chi connectivity index (χ0n) is 19.8. The first-order valence-corrected chi connectivity index (χ1v) is 11.3. The maximum atomic E-state index is 12.9. The molecule has 4 rings (SSSR count). The molecule has 32 heavy (non-hydrogen) atoms. The molecule has 3 heterocycles. The van der Waals surface area contributed by atoms with E-state index in [0.717, 1.165) is 24.3 Å². The van der Waals surface area contributed by atoms with Crippen LogP contribution in [0.15, 0.2) is 36.4 Å². The summed E-state index contributed by atoms with van der Waals surface area (Å²) in [5, 5.41) is 7.32. The molecule has 1 aromatic carbocycles. The first-order chi connectivity index (χ1) is 15.0. The number of rotatable bonds is 6. The van der Waals surface area contributed by atoms with E-state index >= 15 is 0 Å². The number of aromatic amines is 1. The average molecular weight is 439 g/mol. The molecular weight excluding hydrogens is 404 g/mol. The van der Waals surface area contributed by atoms with Crippen LogP contribution in [0.3, 0.4) is 0 Å². The molecule has 0 bridgehead atoms. The van der Waals surface area contributed by atoms with Crippen LogP contribution in [-0.4, -0.2) is 64.6 Å². The predicted octanol–water partition coefficient (Wildman–Crippen LogP) is 3.23. The Morgan fingerprint density at radius 3 is 2.28 bits per heavy atom. The number of amides is 2. The molecule has 1 aromatic heterocycles. The van der Waals surface area contributed by atoms with Gasteiger partial charge in [0.1, 0.15) is 5.69 Å². The van der Waals surface area contributed by atoms with Gasteiger partial charge in [0.05, 0.1) is 13.2 Å². The summed E-state index contributed by atoms with van der Waals surface area (Å²) in [5.41, 5.74) is 1.87. The third kappa shape index (κ3) is 4.44. The Morgan fingerprint density at radius 2 is 1.66 bits per heavy atom. The first kappa shape index (κ1) is 22.5. The monoisotopic (exact) mass is 438 g/mol. The van der Waals surface area contributed by atoms with E-state index in [-0.39, 0.29) is 28.1 Å². The van der Waals surface area contributed by atoms with Crippen molar-refractivity contribution >= 4 is 11.8 Å². The minimum Gasteiger partial charge on any atom is -0.376 e. The molecule has 2 fully saturated rings. The fourth-order valence-electron chi connectivity index (χ4n) is 4.50. The number of hydrogen-bond acceptors (Lipinski definition) is 4. The normalized spacial score (nSPS) is 17.8. The summed E-state index contributed by atoms with van der Waals surface area (Å²) in [6, 6.07) is 11.9. The summed E-state index contributed by atoms with van der Waals surface area (Å²) in [6.07, 6.45) is 0. The van der Waals surface area contributed by atoms with Crippen molar-refractivity contribution < 1.29 is 14.3 Å². The summed E-state index contributed by atoms with van der Waals surface area (Å²) in [6.45, 7) is 13.9. The molecule has 2 amide bonds. The number of likely N-dealkylation sites (tertiary alicyclic amines) is 2. The second kappa shape index (κ2) is 8.03. The van der Waals surface area contributed by atoms with Gasteiger partial charge in [0, 0.05) is 48.1 Å². The van der Waals surface area contributed by atoms with E-state index in [1.165, 1.54) is 0 Å². The number of benzene rings is 1. The van der Waals surface area contributed by atoms with Crippen LogP contribution in [0.1, 0.15) is 56.4 Å². The second-order valence-corrected chi connectivity index (χ2v) is 11.1. The quantitative estimate of drug-likeness (QED) is 0.751. The molecule has 1 N–H and O–H groups in total. The van der Waals surface area contributed by atoms with Crippen LogP contribution < -0.4 is 0 Å². The van der Waals surface area contributed by atoms with E-state index in [4.69, 9.17) is 4.74 Å². The van der Waals surface area contributed by atoms with Crippen LogP contribution >= 0.6 is 0 Å². The van der Waals surface area contributed by atoms with Gasteiger partial charge in [-0.25, -0.2) is 0 Å². The Morgan fingerprint density at radius 1 is 1.03 bits per heavy atom. The summed E-state index contributed by atoms with van der Waals surface area (Å²) in [4.78, 5) is 29.0. The SMILES string of the molecule is CC(C)(C)C(=O)N1CC2(CN(C(=O)c3cc(C(C)(C)COCc4ccccc4)[nH]n3)C2)C1. The summed E-state index contributed by atoms with van der Waals surface area (Å²) in [5.74, 6) is 0.126. The van der Waals surface area contributed by atoms with Gasteiger partial charge in [-0.3, -0.25) is 14.7 Å². The third-order valence-corrected chi connectivity index (χ3v) is 6.42. The topological polar surface area (TPSA) is 78.5 Å². The van der Waals surface area contributed by atoms with Crippen molar-refractivity contribution in [1.82, 2.24) is 20.0 Å². The molecular formula is C25H34N4O3. The lowest BCUT2D eigenvalue weighted by molar-refractivity contribution is -0.162. The second-order valence-electron chi connectivity index (χ2n) is 11.1. The first-order valence-electron chi connectivity index (χ1n) is 11.3. The van der Waals surface area contributed by atoms with Crippen LogP contribution in [0, 0.1) is 10.8 Å². The highest BCUT2D eigenvalue weighted by Crippen LogP contribution is 2.41. The fourth-order valence-corrected chi connectivity index (χ4v) is 4.50. The molecule has 7 nitrogen and oxygen atoms in total. The van der Waals surface area contributed by atoms with Crippen molar-refractivity contribution in [3.05, 3.63) is 53.3 Å². The molecule has 1 spiro atoms. The van der Waals surface area contributed by atoms with Crippen molar-refractivity contribution in [2.24, 2.45) is 10.8 Å². The highest BCUT2D eigenvalue weighted by Gasteiger charge is 2.55. The zero-order chi connectivity index (χ0) is 23.1. The number of carbonyl (C=O) groups is 2. The smallest absolute Gasteiger partial charge is 0.274 e. The molecule has 2 saturated heterocycles. The van der Waals surface area contributed by atoms with Crippen LogP contribution in [-0.2, 0) is 21.6 Å². The van der Waals surface area contributed by atoms with Crippen LogP contribution in [0.2, 0.25) is 0 Å². The van der Waals surface area contributed by atoms with Gasteiger partial charge in [-0.15, -0.1) is 0 Å². The maximum absolute atomic E-state index is 12.9. The van der Waals surface area contributed by atoms with Gasteiger partial charge in [-0.1, -0.05) is 65.0 Å². The molecule has 7 heteroatoms. The number of nitrogens with one attached hydrogen (secondary N) is 1. The van der Waals surface area contributed by atoms with Gasteiger partial charge < -0.3 is 14.5 Å². The molecule has 2 aliphatic heterocycles. The predicted molar refractivity (Wildman–Crippen MR) is 122 cm³/mol. The Kier molecular flexibility index (Phi) is 5.65. The van der Waals surface area contributed by atoms with Gasteiger partial charge in [-0.2, -0.15) is 5.10 Å². The fraction of sp³-hybridized carbons (Fsp3) is 0.560. The van der Waals surface area contributed by atoms with E-state index in [9.17, 15) is 9.59 Å². The molecule has 0 radical (unpaired) electrons. The number of aromatic nitrogens is 2. The summed E-state index contributed by atoms with van der Waals surface area (Å²) >= 11 is 0. The van der Waals surface area contributed by atoms with Gasteiger partial charge >= 0.3 is 0 Å². The number of H-pyrrole nitrogens is 1. The van der Waals surface area contributed by atoms with E-state index in [0.29, 0.717) is 32.0 Å². The van der Waals surface area contributed by atoms with Crippen LogP contribution in [0.5, 0.6) is 0 Å². The Labute approximate surface area is 190 Å². The van der Waals surface area contributed by atoms with Gasteiger partial charge in [0.25, 0.3) is 5.91 Å². The van der Waals surface area contributed by atoms with Gasteiger partial charge in [-0.05, 0) is 11.6 Å². The third-order valence-electron chi connectivity index (χ3n) is 6.42. The lowest BCUT2D eigenvalue weighted by Gasteiger charge is -2.60. The van der Waals surface area contributed by atoms with Crippen molar-refractivity contribution in [2.45, 2.75) is 46.6 Å². The number of ether oxygens (including phenoxy) is 1. The lowest BCUT2D eigenvalue weighted by atomic mass is 9.71. The van der Waals surface area contributed by atoms with Crippen molar-refractivity contribution in [3.8, 4) is 0 Å². The standard InChI is InChI=1S/C25H34N4O3/c1-23(2,3)22(31)29-15-25(16-29)13-28(14-25)21(30)19-11-20(27-26-19)24(4,5)17-32-12-18-9-7-6-8-10-18/h6-11H,12-17H2,1-5H3,(H,26,27). The van der Waals surface area contributed by atoms with E-state index in [2.05, 4.69) is 24.0 Å². The van der Waals surface area contributed by atoms with Gasteiger partial charge in [0.15, 0.2) is 0 Å². The zero-order valence-corrected chi connectivity index (χ0v) is 19.8. The van der Waals surface area contributed by atoms with Crippen molar-refractivity contribution in [1.29, 1.82) is 0 Å². The molecule has 0 unspecified atom stereocenters. The Balaban J connectivity index is 1.28. The Hall–Kier alpha value is -2.67. The number of carbonyl (C=O) groups excluding carboxylic acids is 2. The minimum atomic E-state index is -0.357. The van der Waals surface area contributed by atoms with Crippen LogP contribution in [0.4, 0.5) is 0 Å². The average Bonchev–Trinajstić information content (AvgIpc) is 3.16. The van der Waals surface area contributed by atoms with E-state index in [1.54, 1.807) is 0 Å². The largest absolute Gasteiger partial charge is 0.376 e. The highest BCUT2D eigenvalue weighted by atomic mass is 16.5. The van der Waals surface area contributed by atoms with Crippen molar-refractivity contribution in [3.63, 3.8) is 0 Å². The molecule has 0 saturated carbocycles. The Bertz CT molecular complexity index is 976. The molecule has 2 aromatic rings.